The Hall–Kier alpha value is -1.27. The molecule has 0 fully saturated rings. The lowest BCUT2D eigenvalue weighted by molar-refractivity contribution is 0.628. The predicted molar refractivity (Wildman–Crippen MR) is 54.7 cm³/mol. The van der Waals surface area contributed by atoms with Gasteiger partial charge in [-0.2, -0.15) is 5.26 Å². The summed E-state index contributed by atoms with van der Waals surface area (Å²) in [5, 5.41) is 11.7. The summed E-state index contributed by atoms with van der Waals surface area (Å²) in [6.45, 7) is 0.666. The first kappa shape index (κ1) is 10.8. The quantitative estimate of drug-likeness (QED) is 0.778. The molecule has 0 aliphatic heterocycles. The summed E-state index contributed by atoms with van der Waals surface area (Å²) in [5.41, 5.74) is 0.700. The second-order valence-corrected chi connectivity index (χ2v) is 3.22. The fraction of sp³-hybridized carbons (Fsp3) is 0.300. The molecule has 1 N–H and O–H groups in total. The van der Waals surface area contributed by atoms with Crippen molar-refractivity contribution in [2.24, 2.45) is 0 Å². The molecular formula is C10H10ClFN2. The van der Waals surface area contributed by atoms with E-state index in [2.05, 4.69) is 5.32 Å². The van der Waals surface area contributed by atoms with Crippen LogP contribution in [0.3, 0.4) is 0 Å². The molecule has 0 unspecified atom stereocenters. The van der Waals surface area contributed by atoms with Gasteiger partial charge in [0.1, 0.15) is 5.82 Å². The van der Waals surface area contributed by atoms with Crippen molar-refractivity contribution in [3.8, 4) is 6.07 Å². The first-order valence-electron chi connectivity index (χ1n) is 4.30. The first-order valence-corrected chi connectivity index (χ1v) is 4.67. The number of hydrogen-bond donors (Lipinski definition) is 1. The lowest BCUT2D eigenvalue weighted by atomic mass is 10.3. The van der Waals surface area contributed by atoms with Gasteiger partial charge in [-0.1, -0.05) is 11.6 Å². The molecule has 0 heterocycles. The number of rotatable bonds is 4. The number of unbranched alkanes of at least 4 members (excludes halogenated alkanes) is 1. The van der Waals surface area contributed by atoms with Crippen LogP contribution in [-0.4, -0.2) is 6.54 Å². The first-order chi connectivity index (χ1) is 6.74. The third kappa shape index (κ3) is 3.23. The normalized spacial score (nSPS) is 9.50. The minimum Gasteiger partial charge on any atom is -0.384 e. The maximum absolute atomic E-state index is 12.6. The zero-order valence-corrected chi connectivity index (χ0v) is 8.31. The molecule has 0 spiro atoms. The number of anilines is 1. The van der Waals surface area contributed by atoms with Crippen molar-refractivity contribution in [2.75, 3.05) is 11.9 Å². The zero-order valence-electron chi connectivity index (χ0n) is 7.56. The van der Waals surface area contributed by atoms with Crippen molar-refractivity contribution in [1.82, 2.24) is 0 Å². The average molecular weight is 213 g/mol. The molecule has 0 aliphatic carbocycles. The standard InChI is InChI=1S/C10H10ClFN2/c11-9-7-8(12)3-4-10(9)14-6-2-1-5-13/h3-4,7,14H,1-2,6H2. The van der Waals surface area contributed by atoms with Crippen molar-refractivity contribution in [3.05, 3.63) is 29.0 Å². The Morgan fingerprint density at radius 1 is 1.50 bits per heavy atom. The SMILES string of the molecule is N#CCCCNc1ccc(F)cc1Cl. The highest BCUT2D eigenvalue weighted by Gasteiger charge is 2.00. The van der Waals surface area contributed by atoms with E-state index >= 15 is 0 Å². The Labute approximate surface area is 87.3 Å². The van der Waals surface area contributed by atoms with Crippen molar-refractivity contribution >= 4 is 17.3 Å². The Bertz CT molecular complexity index is 346. The molecule has 0 atom stereocenters. The van der Waals surface area contributed by atoms with E-state index in [1.54, 1.807) is 6.07 Å². The van der Waals surface area contributed by atoms with Crippen molar-refractivity contribution in [2.45, 2.75) is 12.8 Å². The largest absolute Gasteiger partial charge is 0.384 e. The van der Waals surface area contributed by atoms with Gasteiger partial charge in [0.05, 0.1) is 16.8 Å². The molecule has 4 heteroatoms. The highest BCUT2D eigenvalue weighted by Crippen LogP contribution is 2.22. The van der Waals surface area contributed by atoms with Crippen molar-refractivity contribution < 1.29 is 4.39 Å². The Balaban J connectivity index is 2.47. The molecular weight excluding hydrogens is 203 g/mol. The summed E-state index contributed by atoms with van der Waals surface area (Å²) >= 11 is 5.77. The molecule has 0 saturated carbocycles. The topological polar surface area (TPSA) is 35.8 Å². The van der Waals surface area contributed by atoms with Gasteiger partial charge in [0.2, 0.25) is 0 Å². The maximum atomic E-state index is 12.6. The van der Waals surface area contributed by atoms with Crippen LogP contribution in [0.5, 0.6) is 0 Å². The summed E-state index contributed by atoms with van der Waals surface area (Å²) < 4.78 is 12.6. The molecule has 1 rings (SSSR count). The van der Waals surface area contributed by atoms with E-state index in [1.807, 2.05) is 6.07 Å². The molecule has 1 aromatic rings. The van der Waals surface area contributed by atoms with Gasteiger partial charge in [-0.25, -0.2) is 4.39 Å². The van der Waals surface area contributed by atoms with Crippen LogP contribution < -0.4 is 5.32 Å². The third-order valence-electron chi connectivity index (χ3n) is 1.71. The minimum absolute atomic E-state index is 0.349. The van der Waals surface area contributed by atoms with Gasteiger partial charge in [0.25, 0.3) is 0 Å². The maximum Gasteiger partial charge on any atom is 0.124 e. The summed E-state index contributed by atoms with van der Waals surface area (Å²) in [6.07, 6.45) is 1.26. The average Bonchev–Trinajstić information content (AvgIpc) is 2.15. The molecule has 0 aromatic heterocycles. The fourth-order valence-corrected chi connectivity index (χ4v) is 1.26. The summed E-state index contributed by atoms with van der Waals surface area (Å²) in [4.78, 5) is 0. The second kappa shape index (κ2) is 5.46. The van der Waals surface area contributed by atoms with Crippen molar-refractivity contribution in [3.63, 3.8) is 0 Å². The van der Waals surface area contributed by atoms with E-state index in [-0.39, 0.29) is 5.82 Å². The Morgan fingerprint density at radius 2 is 2.29 bits per heavy atom. The molecule has 74 valence electrons. The Kier molecular flexibility index (Phi) is 4.21. The highest BCUT2D eigenvalue weighted by atomic mass is 35.5. The lowest BCUT2D eigenvalue weighted by Gasteiger charge is -2.06. The van der Waals surface area contributed by atoms with Gasteiger partial charge >= 0.3 is 0 Å². The van der Waals surface area contributed by atoms with Gasteiger partial charge in [0, 0.05) is 13.0 Å². The van der Waals surface area contributed by atoms with Crippen LogP contribution >= 0.6 is 11.6 Å². The molecule has 0 bridgehead atoms. The van der Waals surface area contributed by atoms with Crippen LogP contribution in [-0.2, 0) is 0 Å². The minimum atomic E-state index is -0.349. The smallest absolute Gasteiger partial charge is 0.124 e. The van der Waals surface area contributed by atoms with Crippen LogP contribution in [0.25, 0.3) is 0 Å². The Morgan fingerprint density at radius 3 is 2.93 bits per heavy atom. The molecule has 1 aromatic carbocycles. The van der Waals surface area contributed by atoms with E-state index in [1.165, 1.54) is 12.1 Å². The predicted octanol–water partition coefficient (Wildman–Crippen LogP) is 3.19. The van der Waals surface area contributed by atoms with Crippen LogP contribution in [0.15, 0.2) is 18.2 Å². The lowest BCUT2D eigenvalue weighted by Crippen LogP contribution is -2.01. The van der Waals surface area contributed by atoms with Crippen LogP contribution in [0.2, 0.25) is 5.02 Å². The molecule has 2 nitrogen and oxygen atoms in total. The summed E-state index contributed by atoms with van der Waals surface area (Å²) in [6, 6.07) is 6.24. The number of nitriles is 1. The van der Waals surface area contributed by atoms with Crippen molar-refractivity contribution in [1.29, 1.82) is 5.26 Å². The number of nitrogens with zero attached hydrogens (tertiary/aromatic N) is 1. The van der Waals surface area contributed by atoms with Gasteiger partial charge in [-0.3, -0.25) is 0 Å². The highest BCUT2D eigenvalue weighted by molar-refractivity contribution is 6.33. The fourth-order valence-electron chi connectivity index (χ4n) is 1.02. The number of halogens is 2. The number of hydrogen-bond acceptors (Lipinski definition) is 2. The van der Waals surface area contributed by atoms with E-state index in [4.69, 9.17) is 16.9 Å². The molecule has 0 saturated heterocycles. The summed E-state index contributed by atoms with van der Waals surface area (Å²) in [7, 11) is 0. The monoisotopic (exact) mass is 212 g/mol. The van der Waals surface area contributed by atoms with E-state index in [0.29, 0.717) is 23.7 Å². The van der Waals surface area contributed by atoms with Crippen LogP contribution in [0, 0.1) is 17.1 Å². The molecule has 0 radical (unpaired) electrons. The molecule has 0 aliphatic rings. The van der Waals surface area contributed by atoms with E-state index in [9.17, 15) is 4.39 Å². The van der Waals surface area contributed by atoms with E-state index in [0.717, 1.165) is 6.42 Å². The number of nitrogens with one attached hydrogen (secondary N) is 1. The summed E-state index contributed by atoms with van der Waals surface area (Å²) in [5.74, 6) is -0.349. The number of benzene rings is 1. The molecule has 14 heavy (non-hydrogen) atoms. The van der Waals surface area contributed by atoms with Crippen LogP contribution in [0.1, 0.15) is 12.8 Å². The molecule has 0 amide bonds. The van der Waals surface area contributed by atoms with Gasteiger partial charge in [-0.05, 0) is 24.6 Å². The third-order valence-corrected chi connectivity index (χ3v) is 2.02. The van der Waals surface area contributed by atoms with Gasteiger partial charge in [-0.15, -0.1) is 0 Å². The zero-order chi connectivity index (χ0) is 10.4. The van der Waals surface area contributed by atoms with E-state index < -0.39 is 0 Å². The van der Waals surface area contributed by atoms with Crippen LogP contribution in [0.4, 0.5) is 10.1 Å². The van der Waals surface area contributed by atoms with Gasteiger partial charge in [0.15, 0.2) is 0 Å². The second-order valence-electron chi connectivity index (χ2n) is 2.81. The van der Waals surface area contributed by atoms with Gasteiger partial charge < -0.3 is 5.32 Å².